The van der Waals surface area contributed by atoms with Crippen LogP contribution >= 0.6 is 24.0 Å². The number of thiophene rings is 1. The highest BCUT2D eigenvalue weighted by molar-refractivity contribution is 7.81. The van der Waals surface area contributed by atoms with Gasteiger partial charge in [-0.15, -0.1) is 11.3 Å². The number of hydrogen-bond acceptors (Lipinski definition) is 3. The van der Waals surface area contributed by atoms with E-state index in [4.69, 9.17) is 0 Å². The number of hydrogen-bond donors (Lipinski definition) is 2. The van der Waals surface area contributed by atoms with Crippen molar-refractivity contribution in [1.29, 1.82) is 0 Å². The van der Waals surface area contributed by atoms with Crippen LogP contribution in [0.25, 0.3) is 0 Å². The fourth-order valence-corrected chi connectivity index (χ4v) is 1.97. The first-order valence-corrected chi connectivity index (χ1v) is 6.49. The highest BCUT2D eigenvalue weighted by Gasteiger charge is 2.16. The maximum absolute atomic E-state index is 11.5. The van der Waals surface area contributed by atoms with Crippen molar-refractivity contribution in [3.63, 3.8) is 0 Å². The molecule has 0 radical (unpaired) electrons. The average Bonchev–Trinajstić information content (AvgIpc) is 2.69. The third-order valence-electron chi connectivity index (χ3n) is 2.15. The Morgan fingerprint density at radius 1 is 1.60 bits per heavy atom. The van der Waals surface area contributed by atoms with Gasteiger partial charge in [0.1, 0.15) is 0 Å². The van der Waals surface area contributed by atoms with E-state index in [1.54, 1.807) is 11.3 Å². The largest absolute Gasteiger partial charge is 0.355 e. The van der Waals surface area contributed by atoms with Crippen LogP contribution in [0.3, 0.4) is 0 Å². The van der Waals surface area contributed by atoms with Crippen molar-refractivity contribution in [1.82, 2.24) is 5.32 Å². The van der Waals surface area contributed by atoms with Crippen molar-refractivity contribution >= 4 is 29.9 Å². The molecule has 2 nitrogen and oxygen atoms in total. The van der Waals surface area contributed by atoms with E-state index in [1.165, 1.54) is 4.88 Å². The molecule has 1 N–H and O–H groups in total. The zero-order valence-electron chi connectivity index (χ0n) is 9.06. The highest BCUT2D eigenvalue weighted by atomic mass is 32.1. The van der Waals surface area contributed by atoms with Gasteiger partial charge in [0.25, 0.3) is 0 Å². The maximum atomic E-state index is 11.5. The second kappa shape index (κ2) is 6.18. The first-order valence-electron chi connectivity index (χ1n) is 5.09. The molecule has 15 heavy (non-hydrogen) atoms. The lowest BCUT2D eigenvalue weighted by molar-refractivity contribution is -0.121. The van der Waals surface area contributed by atoms with Gasteiger partial charge >= 0.3 is 0 Å². The molecule has 1 unspecified atom stereocenters. The van der Waals surface area contributed by atoms with Gasteiger partial charge in [0.2, 0.25) is 5.91 Å². The van der Waals surface area contributed by atoms with Gasteiger partial charge in [-0.2, -0.15) is 12.6 Å². The summed E-state index contributed by atoms with van der Waals surface area (Å²) in [7, 11) is 0. The molecule has 1 rings (SSSR count). The Morgan fingerprint density at radius 3 is 2.87 bits per heavy atom. The molecular formula is C11H17NOS2. The van der Waals surface area contributed by atoms with E-state index in [9.17, 15) is 4.79 Å². The van der Waals surface area contributed by atoms with Gasteiger partial charge in [0, 0.05) is 11.4 Å². The van der Waals surface area contributed by atoms with Gasteiger partial charge in [-0.05, 0) is 23.8 Å². The molecule has 1 aromatic heterocycles. The van der Waals surface area contributed by atoms with Crippen LogP contribution in [0.2, 0.25) is 0 Å². The molecule has 0 fully saturated rings. The lowest BCUT2D eigenvalue weighted by Gasteiger charge is -2.14. The molecule has 1 amide bonds. The van der Waals surface area contributed by atoms with Crippen LogP contribution in [-0.2, 0) is 11.2 Å². The van der Waals surface area contributed by atoms with E-state index in [1.807, 2.05) is 25.3 Å². The van der Waals surface area contributed by atoms with Gasteiger partial charge in [-0.3, -0.25) is 4.79 Å². The third-order valence-corrected chi connectivity index (χ3v) is 3.92. The van der Waals surface area contributed by atoms with E-state index >= 15 is 0 Å². The molecule has 4 heteroatoms. The summed E-state index contributed by atoms with van der Waals surface area (Å²) in [4.78, 5) is 12.8. The van der Waals surface area contributed by atoms with E-state index in [0.29, 0.717) is 6.54 Å². The van der Waals surface area contributed by atoms with Crippen LogP contribution in [-0.4, -0.2) is 17.7 Å². The molecule has 1 heterocycles. The Hall–Kier alpha value is -0.480. The molecule has 0 bridgehead atoms. The first kappa shape index (κ1) is 12.6. The molecule has 0 aliphatic carbocycles. The molecule has 1 aromatic rings. The third kappa shape index (κ3) is 4.26. The molecule has 0 aromatic carbocycles. The lowest BCUT2D eigenvalue weighted by Crippen LogP contribution is -2.35. The number of thiol groups is 1. The van der Waals surface area contributed by atoms with E-state index in [-0.39, 0.29) is 17.1 Å². The fraction of sp³-hybridized carbons (Fsp3) is 0.545. The summed E-state index contributed by atoms with van der Waals surface area (Å²) in [5.74, 6) is 0.306. The van der Waals surface area contributed by atoms with Gasteiger partial charge < -0.3 is 5.32 Å². The van der Waals surface area contributed by atoms with Crippen LogP contribution in [0.1, 0.15) is 18.7 Å². The first-order chi connectivity index (χ1) is 7.11. The van der Waals surface area contributed by atoms with Gasteiger partial charge in [-0.1, -0.05) is 19.9 Å². The van der Waals surface area contributed by atoms with Crippen LogP contribution in [0.15, 0.2) is 17.5 Å². The lowest BCUT2D eigenvalue weighted by atomic mass is 10.1. The smallest absolute Gasteiger partial charge is 0.233 e. The standard InChI is InChI=1S/C11H17NOS2/c1-8(2)10(14)11(13)12-6-5-9-4-3-7-15-9/h3-4,7-8,10,14H,5-6H2,1-2H3,(H,12,13). The molecule has 0 aliphatic heterocycles. The van der Waals surface area contributed by atoms with Gasteiger partial charge in [-0.25, -0.2) is 0 Å². The maximum Gasteiger partial charge on any atom is 0.233 e. The predicted octanol–water partition coefficient (Wildman–Crippen LogP) is 2.36. The summed E-state index contributed by atoms with van der Waals surface area (Å²) < 4.78 is 0. The van der Waals surface area contributed by atoms with Crippen LogP contribution in [0.4, 0.5) is 0 Å². The molecule has 84 valence electrons. The Kier molecular flexibility index (Phi) is 5.19. The second-order valence-corrected chi connectivity index (χ2v) is 5.40. The van der Waals surface area contributed by atoms with Crippen molar-refractivity contribution < 1.29 is 4.79 Å². The highest BCUT2D eigenvalue weighted by Crippen LogP contribution is 2.10. The fourth-order valence-electron chi connectivity index (χ4n) is 1.17. The molecule has 0 saturated carbocycles. The van der Waals surface area contributed by atoms with Crippen LogP contribution in [0, 0.1) is 5.92 Å². The molecule has 0 saturated heterocycles. The number of carbonyl (C=O) groups excluding carboxylic acids is 1. The van der Waals surface area contributed by atoms with E-state index in [0.717, 1.165) is 6.42 Å². The van der Waals surface area contributed by atoms with Crippen molar-refractivity contribution in [2.45, 2.75) is 25.5 Å². The van der Waals surface area contributed by atoms with E-state index in [2.05, 4.69) is 24.0 Å². The van der Waals surface area contributed by atoms with Gasteiger partial charge in [0.05, 0.1) is 5.25 Å². The number of amides is 1. The summed E-state index contributed by atoms with van der Waals surface area (Å²) in [6.45, 7) is 4.69. The van der Waals surface area contributed by atoms with Crippen molar-refractivity contribution in [3.8, 4) is 0 Å². The Bertz CT molecular complexity index is 296. The molecule has 1 atom stereocenters. The monoisotopic (exact) mass is 243 g/mol. The zero-order valence-corrected chi connectivity index (χ0v) is 10.8. The van der Waals surface area contributed by atoms with Crippen molar-refractivity contribution in [3.05, 3.63) is 22.4 Å². The summed E-state index contributed by atoms with van der Waals surface area (Å²) in [5, 5.41) is 4.74. The summed E-state index contributed by atoms with van der Waals surface area (Å²) >= 11 is 5.98. The quantitative estimate of drug-likeness (QED) is 0.764. The Balaban J connectivity index is 2.23. The summed E-state index contributed by atoms with van der Waals surface area (Å²) in [6, 6.07) is 4.11. The van der Waals surface area contributed by atoms with Gasteiger partial charge in [0.15, 0.2) is 0 Å². The second-order valence-electron chi connectivity index (χ2n) is 3.81. The predicted molar refractivity (Wildman–Crippen MR) is 68.6 cm³/mol. The molecule has 0 aliphatic rings. The molecule has 0 spiro atoms. The van der Waals surface area contributed by atoms with Crippen LogP contribution in [0.5, 0.6) is 0 Å². The minimum absolute atomic E-state index is 0.0323. The molecular weight excluding hydrogens is 226 g/mol. The minimum Gasteiger partial charge on any atom is -0.355 e. The average molecular weight is 243 g/mol. The minimum atomic E-state index is -0.201. The van der Waals surface area contributed by atoms with Crippen LogP contribution < -0.4 is 5.32 Å². The number of rotatable bonds is 5. The summed E-state index contributed by atoms with van der Waals surface area (Å²) in [6.07, 6.45) is 0.905. The SMILES string of the molecule is CC(C)C(S)C(=O)NCCc1cccs1. The van der Waals surface area contributed by atoms with Crippen molar-refractivity contribution in [2.75, 3.05) is 6.54 Å². The zero-order chi connectivity index (χ0) is 11.3. The van der Waals surface area contributed by atoms with E-state index < -0.39 is 0 Å². The van der Waals surface area contributed by atoms with Crippen molar-refractivity contribution in [2.24, 2.45) is 5.92 Å². The number of carbonyl (C=O) groups is 1. The Morgan fingerprint density at radius 2 is 2.33 bits per heavy atom. The number of nitrogens with one attached hydrogen (secondary N) is 1. The Labute approximate surface area is 100 Å². The summed E-state index contributed by atoms with van der Waals surface area (Å²) in [5.41, 5.74) is 0. The topological polar surface area (TPSA) is 29.1 Å². The normalized spacial score (nSPS) is 12.8.